The monoisotopic (exact) mass is 182 g/mol. The van der Waals surface area contributed by atoms with Crippen LogP contribution >= 0.6 is 0 Å². The van der Waals surface area contributed by atoms with Crippen LogP contribution in [0.1, 0.15) is 20.3 Å². The Balaban J connectivity index is 2.03. The number of hydrogen-bond donors (Lipinski definition) is 1. The van der Waals surface area contributed by atoms with Crippen molar-refractivity contribution in [3.63, 3.8) is 0 Å². The molecule has 0 atom stereocenters. The average Bonchev–Trinajstić information content (AvgIpc) is 2.21. The van der Waals surface area contributed by atoms with Gasteiger partial charge in [-0.2, -0.15) is 0 Å². The van der Waals surface area contributed by atoms with Gasteiger partial charge in [0.1, 0.15) is 0 Å². The number of hydrogen-bond acceptors (Lipinski definition) is 3. The molecule has 0 aliphatic carbocycles. The van der Waals surface area contributed by atoms with E-state index in [2.05, 4.69) is 24.1 Å². The Morgan fingerprint density at radius 3 is 2.38 bits per heavy atom. The maximum absolute atomic E-state index is 11.4. The molecule has 0 aromatic rings. The van der Waals surface area contributed by atoms with Crippen LogP contribution in [0.15, 0.2) is 0 Å². The van der Waals surface area contributed by atoms with E-state index in [9.17, 15) is 9.59 Å². The number of imide groups is 1. The highest BCUT2D eigenvalue weighted by molar-refractivity contribution is 6.06. The van der Waals surface area contributed by atoms with Crippen LogP contribution < -0.4 is 5.32 Å². The molecule has 0 radical (unpaired) electrons. The van der Waals surface area contributed by atoms with Crippen LogP contribution in [0.3, 0.4) is 0 Å². The van der Waals surface area contributed by atoms with Crippen molar-refractivity contribution in [2.75, 3.05) is 13.1 Å². The van der Waals surface area contributed by atoms with E-state index in [1.165, 1.54) is 0 Å². The van der Waals surface area contributed by atoms with Crippen LogP contribution in [-0.2, 0) is 9.59 Å². The Morgan fingerprint density at radius 2 is 2.00 bits per heavy atom. The minimum Gasteiger partial charge on any atom is -0.299 e. The van der Waals surface area contributed by atoms with Gasteiger partial charge in [-0.15, -0.1) is 0 Å². The molecule has 0 saturated carbocycles. The van der Waals surface area contributed by atoms with Crippen LogP contribution in [0.2, 0.25) is 0 Å². The third-order valence-electron chi connectivity index (χ3n) is 2.98. The van der Waals surface area contributed by atoms with Crippen molar-refractivity contribution >= 4 is 11.8 Å². The standard InChI is InChI=1S/C9H14N2O2/c1-6(2)11-4-9(5-11)3-7(12)10-8(9)13/h6H,3-5H2,1-2H3,(H,10,12,13). The maximum atomic E-state index is 11.4. The lowest BCUT2D eigenvalue weighted by Crippen LogP contribution is -2.61. The van der Waals surface area contributed by atoms with E-state index < -0.39 is 0 Å². The van der Waals surface area contributed by atoms with E-state index >= 15 is 0 Å². The molecule has 2 amide bonds. The predicted octanol–water partition coefficient (Wildman–Crippen LogP) is -0.257. The second kappa shape index (κ2) is 2.54. The van der Waals surface area contributed by atoms with Gasteiger partial charge >= 0.3 is 0 Å². The number of amides is 2. The Labute approximate surface area is 77.3 Å². The van der Waals surface area contributed by atoms with E-state index in [-0.39, 0.29) is 17.2 Å². The van der Waals surface area contributed by atoms with E-state index in [0.717, 1.165) is 13.1 Å². The average molecular weight is 182 g/mol. The summed E-state index contributed by atoms with van der Waals surface area (Å²) in [4.78, 5) is 24.6. The Kier molecular flexibility index (Phi) is 1.70. The number of likely N-dealkylation sites (tertiary alicyclic amines) is 1. The fraction of sp³-hybridized carbons (Fsp3) is 0.778. The molecule has 0 bridgehead atoms. The molecular formula is C9H14N2O2. The highest BCUT2D eigenvalue weighted by Gasteiger charge is 2.55. The summed E-state index contributed by atoms with van der Waals surface area (Å²) in [7, 11) is 0. The number of carbonyl (C=O) groups excluding carboxylic acids is 2. The van der Waals surface area contributed by atoms with Gasteiger partial charge < -0.3 is 0 Å². The molecular weight excluding hydrogens is 168 g/mol. The summed E-state index contributed by atoms with van der Waals surface area (Å²) in [5.41, 5.74) is -0.374. The van der Waals surface area contributed by atoms with Crippen LogP contribution in [0.5, 0.6) is 0 Å². The third kappa shape index (κ3) is 1.16. The minimum absolute atomic E-state index is 0.0746. The molecule has 4 heteroatoms. The Morgan fingerprint density at radius 1 is 1.38 bits per heavy atom. The maximum Gasteiger partial charge on any atom is 0.235 e. The topological polar surface area (TPSA) is 49.4 Å². The van der Waals surface area contributed by atoms with E-state index in [0.29, 0.717) is 12.5 Å². The number of nitrogens with zero attached hydrogens (tertiary/aromatic N) is 1. The summed E-state index contributed by atoms with van der Waals surface area (Å²) in [5, 5.41) is 2.36. The molecule has 2 aliphatic rings. The quantitative estimate of drug-likeness (QED) is 0.568. The molecule has 2 rings (SSSR count). The van der Waals surface area contributed by atoms with Crippen LogP contribution in [0, 0.1) is 5.41 Å². The van der Waals surface area contributed by atoms with Gasteiger partial charge in [0.05, 0.1) is 5.41 Å². The summed E-state index contributed by atoms with van der Waals surface area (Å²) >= 11 is 0. The van der Waals surface area contributed by atoms with Crippen LogP contribution in [-0.4, -0.2) is 35.8 Å². The first-order valence-electron chi connectivity index (χ1n) is 4.62. The van der Waals surface area contributed by atoms with Gasteiger partial charge in [-0.3, -0.25) is 19.8 Å². The zero-order valence-corrected chi connectivity index (χ0v) is 7.96. The highest BCUT2D eigenvalue weighted by Crippen LogP contribution is 2.38. The van der Waals surface area contributed by atoms with E-state index in [1.54, 1.807) is 0 Å². The lowest BCUT2D eigenvalue weighted by atomic mass is 9.77. The van der Waals surface area contributed by atoms with Gasteiger partial charge in [0, 0.05) is 25.6 Å². The molecule has 4 nitrogen and oxygen atoms in total. The summed E-state index contributed by atoms with van der Waals surface area (Å²) in [5.74, 6) is -0.192. The van der Waals surface area contributed by atoms with Gasteiger partial charge in [0.2, 0.25) is 11.8 Å². The van der Waals surface area contributed by atoms with Crippen molar-refractivity contribution in [3.05, 3.63) is 0 Å². The molecule has 2 aliphatic heterocycles. The smallest absolute Gasteiger partial charge is 0.235 e. The van der Waals surface area contributed by atoms with Gasteiger partial charge in [-0.25, -0.2) is 0 Å². The number of carbonyl (C=O) groups is 2. The first-order chi connectivity index (χ1) is 6.03. The fourth-order valence-corrected chi connectivity index (χ4v) is 2.04. The molecule has 72 valence electrons. The van der Waals surface area contributed by atoms with Gasteiger partial charge in [0.15, 0.2) is 0 Å². The normalized spacial score (nSPS) is 26.7. The van der Waals surface area contributed by atoms with Gasteiger partial charge in [0.25, 0.3) is 0 Å². The molecule has 2 fully saturated rings. The van der Waals surface area contributed by atoms with Gasteiger partial charge in [-0.05, 0) is 13.8 Å². The van der Waals surface area contributed by atoms with Crippen molar-refractivity contribution in [1.82, 2.24) is 10.2 Å². The number of nitrogens with one attached hydrogen (secondary N) is 1. The first-order valence-corrected chi connectivity index (χ1v) is 4.62. The predicted molar refractivity (Wildman–Crippen MR) is 46.9 cm³/mol. The Bertz CT molecular complexity index is 267. The van der Waals surface area contributed by atoms with Crippen molar-refractivity contribution in [2.45, 2.75) is 26.3 Å². The van der Waals surface area contributed by atoms with E-state index in [4.69, 9.17) is 0 Å². The van der Waals surface area contributed by atoms with Crippen LogP contribution in [0.4, 0.5) is 0 Å². The zero-order chi connectivity index (χ0) is 9.64. The second-order valence-electron chi connectivity index (χ2n) is 4.33. The molecule has 13 heavy (non-hydrogen) atoms. The second-order valence-corrected chi connectivity index (χ2v) is 4.33. The summed E-state index contributed by atoms with van der Waals surface area (Å²) in [6, 6.07) is 0.467. The van der Waals surface area contributed by atoms with Gasteiger partial charge in [-0.1, -0.05) is 0 Å². The Hall–Kier alpha value is -0.900. The van der Waals surface area contributed by atoms with Crippen molar-refractivity contribution < 1.29 is 9.59 Å². The lowest BCUT2D eigenvalue weighted by Gasteiger charge is -2.47. The molecule has 0 aromatic heterocycles. The molecule has 1 N–H and O–H groups in total. The fourth-order valence-electron chi connectivity index (χ4n) is 2.04. The largest absolute Gasteiger partial charge is 0.299 e. The summed E-state index contributed by atoms with van der Waals surface area (Å²) < 4.78 is 0. The molecule has 1 spiro atoms. The molecule has 2 heterocycles. The highest BCUT2D eigenvalue weighted by atomic mass is 16.2. The molecule has 0 unspecified atom stereocenters. The molecule has 2 saturated heterocycles. The SMILES string of the molecule is CC(C)N1CC2(CC(=O)NC2=O)C1. The third-order valence-corrected chi connectivity index (χ3v) is 2.98. The number of rotatable bonds is 1. The lowest BCUT2D eigenvalue weighted by molar-refractivity contribution is -0.138. The minimum atomic E-state index is -0.374. The van der Waals surface area contributed by atoms with Crippen molar-refractivity contribution in [3.8, 4) is 0 Å². The van der Waals surface area contributed by atoms with Crippen molar-refractivity contribution in [2.24, 2.45) is 5.41 Å². The van der Waals surface area contributed by atoms with Crippen molar-refractivity contribution in [1.29, 1.82) is 0 Å². The molecule has 0 aromatic carbocycles. The first kappa shape index (κ1) is 8.69. The summed E-state index contributed by atoms with van der Waals surface area (Å²) in [6.45, 7) is 5.67. The van der Waals surface area contributed by atoms with E-state index in [1.807, 2.05) is 0 Å². The zero-order valence-electron chi connectivity index (χ0n) is 7.96. The summed E-state index contributed by atoms with van der Waals surface area (Å²) in [6.07, 6.45) is 0.384. The van der Waals surface area contributed by atoms with Crippen LogP contribution in [0.25, 0.3) is 0 Å².